The molecule has 0 saturated carbocycles. The van der Waals surface area contributed by atoms with Crippen LogP contribution in [-0.2, 0) is 19.0 Å². The molecule has 0 saturated heterocycles. The van der Waals surface area contributed by atoms with Crippen molar-refractivity contribution >= 4 is 5.97 Å². The summed E-state index contributed by atoms with van der Waals surface area (Å²) in [5, 5.41) is 30.3. The van der Waals surface area contributed by atoms with Gasteiger partial charge in [0.25, 0.3) is 0 Å². The zero-order valence-corrected chi connectivity index (χ0v) is 25.8. The van der Waals surface area contributed by atoms with Crippen molar-refractivity contribution in [3.8, 4) is 0 Å². The van der Waals surface area contributed by atoms with Gasteiger partial charge in [-0.3, -0.25) is 0 Å². The van der Waals surface area contributed by atoms with Crippen LogP contribution in [0.3, 0.4) is 0 Å². The Kier molecular flexibility index (Phi) is 23.8. The first-order valence-corrected chi connectivity index (χ1v) is 16.5. The highest BCUT2D eigenvalue weighted by Crippen LogP contribution is 2.20. The van der Waals surface area contributed by atoms with Gasteiger partial charge in [-0.1, -0.05) is 110 Å². The Labute approximate surface area is 245 Å². The molecule has 7 heteroatoms. The van der Waals surface area contributed by atoms with E-state index in [2.05, 4.69) is 6.92 Å². The number of hydrogen-bond acceptors (Lipinski definition) is 7. The van der Waals surface area contributed by atoms with Crippen molar-refractivity contribution in [1.29, 1.82) is 0 Å². The molecule has 236 valence electrons. The van der Waals surface area contributed by atoms with Gasteiger partial charge in [0, 0.05) is 12.0 Å². The van der Waals surface area contributed by atoms with Gasteiger partial charge in [-0.05, 0) is 32.3 Å². The third-order valence-corrected chi connectivity index (χ3v) is 7.65. The third kappa shape index (κ3) is 21.7. The maximum absolute atomic E-state index is 11.6. The number of aliphatic hydroxyl groups excluding tert-OH is 3. The number of carbonyl (C=O) groups excluding carboxylic acids is 1. The quantitative estimate of drug-likeness (QED) is 0.0671. The predicted molar refractivity (Wildman–Crippen MR) is 161 cm³/mol. The molecule has 7 nitrogen and oxygen atoms in total. The van der Waals surface area contributed by atoms with Crippen LogP contribution in [0, 0.1) is 0 Å². The van der Waals surface area contributed by atoms with Crippen LogP contribution in [0.25, 0.3) is 0 Å². The second-order valence-electron chi connectivity index (χ2n) is 11.8. The fourth-order valence-electron chi connectivity index (χ4n) is 5.19. The Morgan fingerprint density at radius 1 is 0.675 bits per heavy atom. The summed E-state index contributed by atoms with van der Waals surface area (Å²) in [7, 11) is 0. The molecule has 4 atom stereocenters. The van der Waals surface area contributed by atoms with Gasteiger partial charge in [-0.2, -0.15) is 0 Å². The molecule has 0 aromatic carbocycles. The summed E-state index contributed by atoms with van der Waals surface area (Å²) in [6, 6.07) is 0. The van der Waals surface area contributed by atoms with E-state index in [0.717, 1.165) is 51.4 Å². The lowest BCUT2D eigenvalue weighted by Gasteiger charge is -2.13. The number of esters is 1. The standard InChI is InChI=1S/C33H62O7/c1-3-4-5-6-7-10-14-17-20-31(35)26-38-22-23-39-27-32(36)21-18-15-12-9-8-11-13-16-19-30(34)25-29-24-28(2)40-33(29)37/h24,28,30-32,34-36H,3-23,25-27H2,1-2H3/t28-,30+,31+,32-/m1/s1. The molecule has 0 aromatic rings. The maximum atomic E-state index is 11.6. The summed E-state index contributed by atoms with van der Waals surface area (Å²) >= 11 is 0. The van der Waals surface area contributed by atoms with E-state index in [1.807, 2.05) is 6.92 Å². The van der Waals surface area contributed by atoms with Crippen molar-refractivity contribution in [1.82, 2.24) is 0 Å². The molecule has 3 N–H and O–H groups in total. The van der Waals surface area contributed by atoms with E-state index < -0.39 is 18.3 Å². The monoisotopic (exact) mass is 570 g/mol. The van der Waals surface area contributed by atoms with Gasteiger partial charge in [0.05, 0.1) is 44.7 Å². The summed E-state index contributed by atoms with van der Waals surface area (Å²) in [6.07, 6.45) is 22.2. The minimum absolute atomic E-state index is 0.170. The van der Waals surface area contributed by atoms with Crippen LogP contribution in [0.2, 0.25) is 0 Å². The second-order valence-corrected chi connectivity index (χ2v) is 11.8. The Balaban J connectivity index is 1.79. The molecular weight excluding hydrogens is 508 g/mol. The number of hydrogen-bond donors (Lipinski definition) is 3. The van der Waals surface area contributed by atoms with Gasteiger partial charge < -0.3 is 29.5 Å². The average Bonchev–Trinajstić information content (AvgIpc) is 3.24. The van der Waals surface area contributed by atoms with Crippen molar-refractivity contribution in [2.75, 3.05) is 26.4 Å². The molecule has 0 aromatic heterocycles. The minimum atomic E-state index is -0.464. The summed E-state index contributed by atoms with van der Waals surface area (Å²) in [5.41, 5.74) is 0.612. The largest absolute Gasteiger partial charge is 0.455 e. The van der Waals surface area contributed by atoms with Crippen molar-refractivity contribution in [3.05, 3.63) is 11.6 Å². The van der Waals surface area contributed by atoms with Crippen LogP contribution >= 0.6 is 0 Å². The fraction of sp³-hybridized carbons (Fsp3) is 0.909. The van der Waals surface area contributed by atoms with Crippen LogP contribution in [0.4, 0.5) is 0 Å². The molecule has 1 rings (SSSR count). The van der Waals surface area contributed by atoms with Gasteiger partial charge in [0.15, 0.2) is 0 Å². The van der Waals surface area contributed by atoms with Gasteiger partial charge >= 0.3 is 5.97 Å². The molecule has 0 unspecified atom stereocenters. The molecule has 0 spiro atoms. The Hall–Kier alpha value is -0.990. The Bertz CT molecular complexity index is 624. The lowest BCUT2D eigenvalue weighted by atomic mass is 10.0. The van der Waals surface area contributed by atoms with Crippen LogP contribution in [0.5, 0.6) is 0 Å². The smallest absolute Gasteiger partial charge is 0.334 e. The van der Waals surface area contributed by atoms with E-state index in [0.29, 0.717) is 38.4 Å². The number of unbranched alkanes of at least 4 members (excludes halogenated alkanes) is 14. The SMILES string of the molecule is CCCCCCCCCC[C@H](O)COCCOC[C@H](O)CCCCCCCCCC[C@H](O)CC1=C[C@@H](C)OC1=O. The van der Waals surface area contributed by atoms with E-state index in [1.165, 1.54) is 70.6 Å². The topological polar surface area (TPSA) is 105 Å². The molecule has 0 radical (unpaired) electrons. The van der Waals surface area contributed by atoms with E-state index in [4.69, 9.17) is 14.2 Å². The predicted octanol–water partition coefficient (Wildman–Crippen LogP) is 6.80. The zero-order chi connectivity index (χ0) is 29.3. The highest BCUT2D eigenvalue weighted by atomic mass is 16.5. The molecule has 0 fully saturated rings. The summed E-state index contributed by atoms with van der Waals surface area (Å²) in [6.45, 7) is 5.67. The lowest BCUT2D eigenvalue weighted by Crippen LogP contribution is -2.20. The van der Waals surface area contributed by atoms with E-state index in [1.54, 1.807) is 6.08 Å². The Morgan fingerprint density at radius 3 is 1.48 bits per heavy atom. The van der Waals surface area contributed by atoms with Crippen molar-refractivity contribution in [2.45, 2.75) is 167 Å². The van der Waals surface area contributed by atoms with Gasteiger partial charge in [0.1, 0.15) is 6.10 Å². The van der Waals surface area contributed by atoms with E-state index in [-0.39, 0.29) is 12.1 Å². The number of cyclic esters (lactones) is 1. The highest BCUT2D eigenvalue weighted by molar-refractivity contribution is 5.90. The first-order valence-electron chi connectivity index (χ1n) is 16.5. The normalized spacial score (nSPS) is 17.6. The number of carbonyl (C=O) groups is 1. The van der Waals surface area contributed by atoms with E-state index in [9.17, 15) is 20.1 Å². The van der Waals surface area contributed by atoms with Crippen LogP contribution < -0.4 is 0 Å². The summed E-state index contributed by atoms with van der Waals surface area (Å²) in [5.74, 6) is -0.284. The van der Waals surface area contributed by atoms with E-state index >= 15 is 0 Å². The average molecular weight is 571 g/mol. The molecular formula is C33H62O7. The van der Waals surface area contributed by atoms with Gasteiger partial charge in [-0.15, -0.1) is 0 Å². The van der Waals surface area contributed by atoms with Crippen molar-refractivity contribution in [3.63, 3.8) is 0 Å². The van der Waals surface area contributed by atoms with Crippen LogP contribution in [-0.4, -0.2) is 72.1 Å². The Morgan fingerprint density at radius 2 is 1.07 bits per heavy atom. The maximum Gasteiger partial charge on any atom is 0.334 e. The molecule has 1 aliphatic rings. The number of aliphatic hydroxyl groups is 3. The minimum Gasteiger partial charge on any atom is -0.455 e. The lowest BCUT2D eigenvalue weighted by molar-refractivity contribution is -0.139. The number of ether oxygens (including phenoxy) is 3. The fourth-order valence-corrected chi connectivity index (χ4v) is 5.19. The third-order valence-electron chi connectivity index (χ3n) is 7.65. The van der Waals surface area contributed by atoms with Gasteiger partial charge in [0.2, 0.25) is 0 Å². The van der Waals surface area contributed by atoms with Crippen LogP contribution in [0.1, 0.15) is 142 Å². The first-order chi connectivity index (χ1) is 19.4. The highest BCUT2D eigenvalue weighted by Gasteiger charge is 2.23. The number of rotatable bonds is 29. The zero-order valence-electron chi connectivity index (χ0n) is 25.8. The molecule has 0 bridgehead atoms. The summed E-state index contributed by atoms with van der Waals surface area (Å²) in [4.78, 5) is 11.6. The van der Waals surface area contributed by atoms with Crippen molar-refractivity contribution < 1.29 is 34.3 Å². The van der Waals surface area contributed by atoms with Crippen molar-refractivity contribution in [2.24, 2.45) is 0 Å². The summed E-state index contributed by atoms with van der Waals surface area (Å²) < 4.78 is 16.1. The van der Waals surface area contributed by atoms with Crippen LogP contribution in [0.15, 0.2) is 11.6 Å². The molecule has 1 aliphatic heterocycles. The molecule has 0 aliphatic carbocycles. The first kappa shape index (κ1) is 37.0. The van der Waals surface area contributed by atoms with Gasteiger partial charge in [-0.25, -0.2) is 4.79 Å². The molecule has 40 heavy (non-hydrogen) atoms. The molecule has 1 heterocycles. The molecule has 0 amide bonds. The second kappa shape index (κ2) is 25.7.